The summed E-state index contributed by atoms with van der Waals surface area (Å²) in [4.78, 5) is 10.6. The molecule has 2 unspecified atom stereocenters. The zero-order valence-corrected chi connectivity index (χ0v) is 12.0. The summed E-state index contributed by atoms with van der Waals surface area (Å²) < 4.78 is 50.3. The van der Waals surface area contributed by atoms with E-state index < -0.39 is 23.8 Å². The van der Waals surface area contributed by atoms with Gasteiger partial charge in [0.2, 0.25) is 0 Å². The fourth-order valence-corrected chi connectivity index (χ4v) is 2.72. The van der Waals surface area contributed by atoms with Crippen LogP contribution in [0.15, 0.2) is 18.2 Å². The summed E-state index contributed by atoms with van der Waals surface area (Å²) in [6.45, 7) is 0. The Kier molecular flexibility index (Phi) is 4.95. The van der Waals surface area contributed by atoms with Gasteiger partial charge < -0.3 is 14.6 Å². The average molecular weight is 318 g/mol. The summed E-state index contributed by atoms with van der Waals surface area (Å²) in [6, 6.07) is 4.15. The molecule has 0 bridgehead atoms. The van der Waals surface area contributed by atoms with E-state index in [0.717, 1.165) is 0 Å². The second-order valence-corrected chi connectivity index (χ2v) is 5.18. The number of aliphatic carboxylic acids is 1. The quantitative estimate of drug-likeness (QED) is 0.897. The molecule has 1 aliphatic heterocycles. The molecule has 2 rings (SSSR count). The number of rotatable bonds is 5. The zero-order valence-electron chi connectivity index (χ0n) is 12.0. The summed E-state index contributed by atoms with van der Waals surface area (Å²) in [5.41, 5.74) is -0.772. The zero-order chi connectivity index (χ0) is 16.3. The van der Waals surface area contributed by atoms with Gasteiger partial charge in [0, 0.05) is 6.42 Å². The number of methoxy groups -OCH3 is 1. The molecule has 1 aliphatic rings. The maximum atomic E-state index is 13.3. The summed E-state index contributed by atoms with van der Waals surface area (Å²) >= 11 is 0. The number of ether oxygens (including phenoxy) is 2. The number of hydrogen-bond acceptors (Lipinski definition) is 3. The topological polar surface area (TPSA) is 55.8 Å². The minimum absolute atomic E-state index is 0.0460. The minimum atomic E-state index is -4.54. The molecule has 0 aromatic heterocycles. The highest BCUT2D eigenvalue weighted by molar-refractivity contribution is 5.66. The van der Waals surface area contributed by atoms with Crippen molar-refractivity contribution in [3.8, 4) is 5.75 Å². The van der Waals surface area contributed by atoms with E-state index in [1.165, 1.54) is 25.3 Å². The lowest BCUT2D eigenvalue weighted by atomic mass is 9.98. The molecule has 1 saturated heterocycles. The van der Waals surface area contributed by atoms with Gasteiger partial charge in [-0.2, -0.15) is 13.2 Å². The van der Waals surface area contributed by atoms with Gasteiger partial charge in [-0.15, -0.1) is 0 Å². The number of carboxylic acid groups (broad SMARTS) is 1. The Morgan fingerprint density at radius 1 is 1.41 bits per heavy atom. The summed E-state index contributed by atoms with van der Waals surface area (Å²) in [5.74, 6) is -1.17. The third kappa shape index (κ3) is 3.71. The third-order valence-corrected chi connectivity index (χ3v) is 3.70. The van der Waals surface area contributed by atoms with Crippen molar-refractivity contribution in [3.63, 3.8) is 0 Å². The van der Waals surface area contributed by atoms with Crippen LogP contribution in [-0.4, -0.2) is 24.3 Å². The lowest BCUT2D eigenvalue weighted by Gasteiger charge is -2.20. The number of carboxylic acids is 1. The molecule has 1 N–H and O–H groups in total. The summed E-state index contributed by atoms with van der Waals surface area (Å²) in [7, 11) is 1.19. The number of benzene rings is 1. The first kappa shape index (κ1) is 16.6. The van der Waals surface area contributed by atoms with Crippen molar-refractivity contribution < 1.29 is 32.5 Å². The van der Waals surface area contributed by atoms with E-state index in [2.05, 4.69) is 0 Å². The molecule has 1 aromatic rings. The monoisotopic (exact) mass is 318 g/mol. The van der Waals surface area contributed by atoms with Gasteiger partial charge in [0.15, 0.2) is 0 Å². The van der Waals surface area contributed by atoms with Crippen LogP contribution in [0.4, 0.5) is 13.2 Å². The van der Waals surface area contributed by atoms with E-state index >= 15 is 0 Å². The Hall–Kier alpha value is -1.76. The van der Waals surface area contributed by atoms with Crippen LogP contribution >= 0.6 is 0 Å². The van der Waals surface area contributed by atoms with Crippen molar-refractivity contribution in [3.05, 3.63) is 29.3 Å². The fraction of sp³-hybridized carbons (Fsp3) is 0.533. The number of halogens is 3. The third-order valence-electron chi connectivity index (χ3n) is 3.70. The molecule has 0 amide bonds. The lowest BCUT2D eigenvalue weighted by molar-refractivity contribution is -0.140. The van der Waals surface area contributed by atoms with E-state index in [-0.39, 0.29) is 23.8 Å². The normalized spacial score (nSPS) is 21.8. The highest BCUT2D eigenvalue weighted by atomic mass is 19.4. The van der Waals surface area contributed by atoms with Crippen LogP contribution in [-0.2, 0) is 15.7 Å². The first-order valence-electron chi connectivity index (χ1n) is 6.94. The van der Waals surface area contributed by atoms with Crippen LogP contribution < -0.4 is 4.74 Å². The van der Waals surface area contributed by atoms with Crippen molar-refractivity contribution in [2.24, 2.45) is 0 Å². The minimum Gasteiger partial charge on any atom is -0.496 e. The van der Waals surface area contributed by atoms with Gasteiger partial charge in [-0.1, -0.05) is 12.1 Å². The molecule has 1 aromatic carbocycles. The van der Waals surface area contributed by atoms with E-state index in [1.54, 1.807) is 0 Å². The smallest absolute Gasteiger partial charge is 0.420 e. The Labute approximate surface area is 125 Å². The molecular formula is C15H17F3O4. The van der Waals surface area contributed by atoms with Crippen LogP contribution in [0.25, 0.3) is 0 Å². The predicted octanol–water partition coefficient (Wildman–Crippen LogP) is 3.80. The summed E-state index contributed by atoms with van der Waals surface area (Å²) in [5, 5.41) is 8.65. The second-order valence-electron chi connectivity index (χ2n) is 5.18. The van der Waals surface area contributed by atoms with Crippen LogP contribution in [0.2, 0.25) is 0 Å². The maximum Gasteiger partial charge on any atom is 0.420 e. The Morgan fingerprint density at radius 3 is 2.73 bits per heavy atom. The predicted molar refractivity (Wildman–Crippen MR) is 71.7 cm³/mol. The van der Waals surface area contributed by atoms with Gasteiger partial charge in [0.25, 0.3) is 0 Å². The molecule has 0 spiro atoms. The number of hydrogen-bond donors (Lipinski definition) is 1. The molecule has 0 aliphatic carbocycles. The largest absolute Gasteiger partial charge is 0.496 e. The number of alkyl halides is 3. The number of carbonyl (C=O) groups is 1. The summed E-state index contributed by atoms with van der Waals surface area (Å²) in [6.07, 6.45) is -4.32. The second kappa shape index (κ2) is 6.56. The van der Waals surface area contributed by atoms with Crippen molar-refractivity contribution in [1.82, 2.24) is 0 Å². The van der Waals surface area contributed by atoms with Crippen LogP contribution in [0.3, 0.4) is 0 Å². The molecule has 0 radical (unpaired) electrons. The van der Waals surface area contributed by atoms with E-state index in [9.17, 15) is 18.0 Å². The van der Waals surface area contributed by atoms with Crippen molar-refractivity contribution in [1.29, 1.82) is 0 Å². The highest BCUT2D eigenvalue weighted by Crippen LogP contribution is 2.45. The Morgan fingerprint density at radius 2 is 2.14 bits per heavy atom. The van der Waals surface area contributed by atoms with Crippen molar-refractivity contribution in [2.75, 3.05) is 7.11 Å². The molecule has 0 saturated carbocycles. The van der Waals surface area contributed by atoms with Gasteiger partial charge in [-0.05, 0) is 30.9 Å². The SMILES string of the molecule is COc1cccc(C2CCC(CCC(=O)O)O2)c1C(F)(F)F. The van der Waals surface area contributed by atoms with Crippen molar-refractivity contribution in [2.45, 2.75) is 44.1 Å². The molecule has 7 heteroatoms. The molecule has 122 valence electrons. The van der Waals surface area contributed by atoms with Gasteiger partial charge in [-0.3, -0.25) is 4.79 Å². The van der Waals surface area contributed by atoms with E-state index in [0.29, 0.717) is 19.3 Å². The molecule has 22 heavy (non-hydrogen) atoms. The fourth-order valence-electron chi connectivity index (χ4n) is 2.72. The molecular weight excluding hydrogens is 301 g/mol. The lowest BCUT2D eigenvalue weighted by Crippen LogP contribution is -2.15. The molecule has 1 heterocycles. The molecule has 1 fully saturated rings. The first-order valence-corrected chi connectivity index (χ1v) is 6.94. The van der Waals surface area contributed by atoms with Gasteiger partial charge in [0.05, 0.1) is 19.3 Å². The van der Waals surface area contributed by atoms with Crippen molar-refractivity contribution >= 4 is 5.97 Å². The van der Waals surface area contributed by atoms with Gasteiger partial charge in [-0.25, -0.2) is 0 Å². The van der Waals surface area contributed by atoms with E-state index in [4.69, 9.17) is 14.6 Å². The van der Waals surface area contributed by atoms with E-state index in [1.807, 2.05) is 0 Å². The Balaban J connectivity index is 2.21. The molecule has 2 atom stereocenters. The highest BCUT2D eigenvalue weighted by Gasteiger charge is 2.40. The first-order chi connectivity index (χ1) is 10.3. The van der Waals surface area contributed by atoms with Crippen LogP contribution in [0, 0.1) is 0 Å². The van der Waals surface area contributed by atoms with Crippen LogP contribution in [0.1, 0.15) is 42.9 Å². The maximum absolute atomic E-state index is 13.3. The van der Waals surface area contributed by atoms with Gasteiger partial charge in [0.1, 0.15) is 11.3 Å². The van der Waals surface area contributed by atoms with Gasteiger partial charge >= 0.3 is 12.1 Å². The van der Waals surface area contributed by atoms with Crippen LogP contribution in [0.5, 0.6) is 5.75 Å². The molecule has 4 nitrogen and oxygen atoms in total. The Bertz CT molecular complexity index is 542. The average Bonchev–Trinajstić information content (AvgIpc) is 2.92. The standard InChI is InChI=1S/C15H17F3O4/c1-21-12-4-2-3-10(14(12)15(16,17)18)11-7-5-9(22-11)6-8-13(19)20/h2-4,9,11H,5-8H2,1H3,(H,19,20).